The van der Waals surface area contributed by atoms with Crippen LogP contribution in [0.4, 0.5) is 10.3 Å². The fourth-order valence-corrected chi connectivity index (χ4v) is 4.30. The highest BCUT2D eigenvalue weighted by molar-refractivity contribution is 7.80. The minimum absolute atomic E-state index is 0.324. The van der Waals surface area contributed by atoms with Gasteiger partial charge >= 0.3 is 5.69 Å². The monoisotopic (exact) mass is 459 g/mol. The maximum Gasteiger partial charge on any atom is 0.332 e. The highest BCUT2D eigenvalue weighted by atomic mass is 32.1. The molecule has 3 aromatic rings. The topological polar surface area (TPSA) is 80.3 Å². The standard InChI is InChI=1S/C21H26FN7O2S/c1-4-23-20(32)28-11-9-27(10-12-28)19-24-17-16(18(30)26(3)21(31)25(17)2)29(19)13-14-5-7-15(22)8-6-14/h5-8H,4,9-13H2,1-3H3,(H,23,32). The lowest BCUT2D eigenvalue weighted by Crippen LogP contribution is -2.52. The second-order valence-corrected chi connectivity index (χ2v) is 8.20. The van der Waals surface area contributed by atoms with Crippen molar-refractivity contribution < 1.29 is 4.39 Å². The lowest BCUT2D eigenvalue weighted by atomic mass is 10.2. The van der Waals surface area contributed by atoms with E-state index < -0.39 is 11.2 Å². The minimum Gasteiger partial charge on any atom is -0.363 e. The van der Waals surface area contributed by atoms with E-state index in [1.807, 2.05) is 11.5 Å². The van der Waals surface area contributed by atoms with Crippen LogP contribution in [-0.4, -0.2) is 61.4 Å². The van der Waals surface area contributed by atoms with Crippen molar-refractivity contribution in [3.05, 3.63) is 56.5 Å². The number of imidazole rings is 1. The number of hydrogen-bond donors (Lipinski definition) is 1. The first-order valence-electron chi connectivity index (χ1n) is 10.5. The van der Waals surface area contributed by atoms with E-state index >= 15 is 0 Å². The van der Waals surface area contributed by atoms with Crippen molar-refractivity contribution in [2.75, 3.05) is 37.6 Å². The summed E-state index contributed by atoms with van der Waals surface area (Å²) in [6.45, 7) is 5.84. The van der Waals surface area contributed by atoms with E-state index in [2.05, 4.69) is 15.1 Å². The van der Waals surface area contributed by atoms with Crippen molar-refractivity contribution in [1.82, 2.24) is 28.9 Å². The van der Waals surface area contributed by atoms with E-state index in [4.69, 9.17) is 17.2 Å². The van der Waals surface area contributed by atoms with Gasteiger partial charge in [0, 0.05) is 46.8 Å². The molecule has 0 aliphatic carbocycles. The Hall–Kier alpha value is -3.21. The number of rotatable bonds is 4. The molecule has 1 fully saturated rings. The van der Waals surface area contributed by atoms with E-state index in [-0.39, 0.29) is 5.82 Å². The molecule has 0 unspecified atom stereocenters. The van der Waals surface area contributed by atoms with Gasteiger partial charge in [0.15, 0.2) is 16.3 Å². The molecule has 0 bridgehead atoms. The van der Waals surface area contributed by atoms with Crippen LogP contribution in [0.5, 0.6) is 0 Å². The zero-order valence-corrected chi connectivity index (χ0v) is 19.2. The summed E-state index contributed by atoms with van der Waals surface area (Å²) in [6, 6.07) is 6.15. The Kier molecular flexibility index (Phi) is 6.00. The summed E-state index contributed by atoms with van der Waals surface area (Å²) in [5, 5.41) is 3.90. The molecule has 11 heteroatoms. The van der Waals surface area contributed by atoms with Gasteiger partial charge in [0.1, 0.15) is 5.82 Å². The van der Waals surface area contributed by atoms with Gasteiger partial charge in [0.2, 0.25) is 5.95 Å². The van der Waals surface area contributed by atoms with Gasteiger partial charge in [-0.15, -0.1) is 0 Å². The van der Waals surface area contributed by atoms with Gasteiger partial charge in [-0.1, -0.05) is 12.1 Å². The zero-order chi connectivity index (χ0) is 23.0. The molecule has 170 valence electrons. The summed E-state index contributed by atoms with van der Waals surface area (Å²) in [6.07, 6.45) is 0. The summed E-state index contributed by atoms with van der Waals surface area (Å²) < 4.78 is 17.7. The average Bonchev–Trinajstić information content (AvgIpc) is 3.17. The first-order valence-corrected chi connectivity index (χ1v) is 10.9. The Bertz CT molecular complexity index is 1270. The van der Waals surface area contributed by atoms with Crippen LogP contribution < -0.4 is 21.5 Å². The number of thiocarbonyl (C=S) groups is 1. The third kappa shape index (κ3) is 3.88. The third-order valence-corrected chi connectivity index (χ3v) is 6.16. The third-order valence-electron chi connectivity index (χ3n) is 5.76. The number of benzene rings is 1. The number of halogens is 1. The van der Waals surface area contributed by atoms with Crippen molar-refractivity contribution >= 4 is 34.4 Å². The predicted molar refractivity (Wildman–Crippen MR) is 126 cm³/mol. The Labute approximate surface area is 189 Å². The smallest absolute Gasteiger partial charge is 0.332 e. The molecule has 0 atom stereocenters. The summed E-state index contributed by atoms with van der Waals surface area (Å²) in [5.74, 6) is 0.284. The van der Waals surface area contributed by atoms with Crippen LogP contribution in [0.25, 0.3) is 11.2 Å². The summed E-state index contributed by atoms with van der Waals surface area (Å²) in [7, 11) is 3.06. The number of fused-ring (bicyclic) bond motifs is 1. The molecule has 0 amide bonds. The summed E-state index contributed by atoms with van der Waals surface area (Å²) in [4.78, 5) is 34.4. The summed E-state index contributed by atoms with van der Waals surface area (Å²) in [5.41, 5.74) is 0.673. The van der Waals surface area contributed by atoms with Gasteiger partial charge in [-0.2, -0.15) is 4.98 Å². The molecule has 1 saturated heterocycles. The summed E-state index contributed by atoms with van der Waals surface area (Å²) >= 11 is 5.43. The molecule has 4 rings (SSSR count). The van der Waals surface area contributed by atoms with E-state index in [9.17, 15) is 14.0 Å². The normalized spacial score (nSPS) is 14.2. The van der Waals surface area contributed by atoms with Gasteiger partial charge in [0.05, 0.1) is 6.54 Å². The van der Waals surface area contributed by atoms with E-state index in [0.29, 0.717) is 49.8 Å². The first-order chi connectivity index (χ1) is 15.3. The highest BCUT2D eigenvalue weighted by Gasteiger charge is 2.26. The van der Waals surface area contributed by atoms with Gasteiger partial charge in [-0.05, 0) is 36.8 Å². The van der Waals surface area contributed by atoms with Crippen molar-refractivity contribution in [1.29, 1.82) is 0 Å². The van der Waals surface area contributed by atoms with E-state index in [1.54, 1.807) is 19.2 Å². The van der Waals surface area contributed by atoms with Crippen molar-refractivity contribution in [3.8, 4) is 0 Å². The van der Waals surface area contributed by atoms with E-state index in [0.717, 1.165) is 21.8 Å². The van der Waals surface area contributed by atoms with Crippen LogP contribution in [-0.2, 0) is 20.6 Å². The van der Waals surface area contributed by atoms with Crippen LogP contribution in [0.15, 0.2) is 33.9 Å². The molecular formula is C21H26FN7O2S. The number of aromatic nitrogens is 4. The maximum atomic E-state index is 13.4. The molecule has 0 spiro atoms. The second-order valence-electron chi connectivity index (χ2n) is 7.81. The van der Waals surface area contributed by atoms with Crippen LogP contribution >= 0.6 is 12.2 Å². The second kappa shape index (κ2) is 8.73. The molecule has 0 saturated carbocycles. The number of piperazine rings is 1. The average molecular weight is 460 g/mol. The Morgan fingerprint density at radius 3 is 2.38 bits per heavy atom. The molecule has 1 aliphatic heterocycles. The number of nitrogens with one attached hydrogen (secondary N) is 1. The van der Waals surface area contributed by atoms with Crippen LogP contribution in [0.2, 0.25) is 0 Å². The predicted octanol–water partition coefficient (Wildman–Crippen LogP) is 0.638. The quantitative estimate of drug-likeness (QED) is 0.574. The lowest BCUT2D eigenvalue weighted by molar-refractivity contribution is 0.377. The van der Waals surface area contributed by atoms with Crippen molar-refractivity contribution in [2.45, 2.75) is 13.5 Å². The van der Waals surface area contributed by atoms with Crippen molar-refractivity contribution in [2.24, 2.45) is 14.1 Å². The molecule has 2 aromatic heterocycles. The maximum absolute atomic E-state index is 13.4. The molecular weight excluding hydrogens is 433 g/mol. The Balaban J connectivity index is 1.78. The molecule has 3 heterocycles. The number of aryl methyl sites for hydroxylation is 1. The molecule has 1 aromatic carbocycles. The van der Waals surface area contributed by atoms with Gasteiger partial charge in [-0.3, -0.25) is 18.5 Å². The highest BCUT2D eigenvalue weighted by Crippen LogP contribution is 2.23. The number of nitrogens with zero attached hydrogens (tertiary/aromatic N) is 6. The SMILES string of the molecule is CCNC(=S)N1CCN(c2nc3c(c(=O)n(C)c(=O)n3C)n2Cc2ccc(F)cc2)CC1. The van der Waals surface area contributed by atoms with Crippen molar-refractivity contribution in [3.63, 3.8) is 0 Å². The molecule has 1 aliphatic rings. The fraction of sp³-hybridized carbons (Fsp3) is 0.429. The Morgan fingerprint density at radius 1 is 1.09 bits per heavy atom. The van der Waals surface area contributed by atoms with Gasteiger partial charge in [-0.25, -0.2) is 9.18 Å². The fourth-order valence-electron chi connectivity index (χ4n) is 3.97. The van der Waals surface area contributed by atoms with Crippen LogP contribution in [0.1, 0.15) is 12.5 Å². The first kappa shape index (κ1) is 22.0. The van der Waals surface area contributed by atoms with Crippen LogP contribution in [0, 0.1) is 5.82 Å². The zero-order valence-electron chi connectivity index (χ0n) is 18.3. The van der Waals surface area contributed by atoms with Gasteiger partial charge in [0.25, 0.3) is 5.56 Å². The number of anilines is 1. The van der Waals surface area contributed by atoms with E-state index in [1.165, 1.54) is 23.7 Å². The number of hydrogen-bond acceptors (Lipinski definition) is 5. The Morgan fingerprint density at radius 2 is 1.75 bits per heavy atom. The van der Waals surface area contributed by atoms with Gasteiger partial charge < -0.3 is 15.1 Å². The lowest BCUT2D eigenvalue weighted by Gasteiger charge is -2.36. The largest absolute Gasteiger partial charge is 0.363 e. The minimum atomic E-state index is -0.429. The molecule has 9 nitrogen and oxygen atoms in total. The molecule has 32 heavy (non-hydrogen) atoms. The van der Waals surface area contributed by atoms with Crippen LogP contribution in [0.3, 0.4) is 0 Å². The molecule has 1 N–H and O–H groups in total. The molecule has 0 radical (unpaired) electrons.